The van der Waals surface area contributed by atoms with Gasteiger partial charge in [0.2, 0.25) is 5.91 Å². The van der Waals surface area contributed by atoms with E-state index in [2.05, 4.69) is 6.92 Å². The van der Waals surface area contributed by atoms with Gasteiger partial charge in [0.15, 0.2) is 0 Å². The van der Waals surface area contributed by atoms with Crippen molar-refractivity contribution < 1.29 is 9.59 Å². The van der Waals surface area contributed by atoms with Crippen molar-refractivity contribution in [2.24, 2.45) is 0 Å². The molecule has 6 heteroatoms. The molecule has 1 aliphatic carbocycles. The van der Waals surface area contributed by atoms with Crippen LogP contribution in [0.5, 0.6) is 0 Å². The van der Waals surface area contributed by atoms with Gasteiger partial charge in [-0.05, 0) is 49.8 Å². The zero-order chi connectivity index (χ0) is 20.4. The van der Waals surface area contributed by atoms with E-state index in [1.54, 1.807) is 0 Å². The number of aromatic nitrogens is 1. The minimum atomic E-state index is 0.00296. The molecule has 2 amide bonds. The van der Waals surface area contributed by atoms with Crippen LogP contribution in [-0.4, -0.2) is 52.8 Å². The van der Waals surface area contributed by atoms with Crippen molar-refractivity contribution in [3.05, 3.63) is 40.0 Å². The number of aryl methyl sites for hydroxylation is 1. The number of carbonyl (C=O) groups excluding carboxylic acids is 2. The molecule has 0 radical (unpaired) electrons. The van der Waals surface area contributed by atoms with Crippen LogP contribution in [0.4, 0.5) is 0 Å². The molecular formula is C23H28ClN3O2. The predicted molar refractivity (Wildman–Crippen MR) is 115 cm³/mol. The molecule has 2 aromatic rings. The Balaban J connectivity index is 1.49. The van der Waals surface area contributed by atoms with Gasteiger partial charge in [0.05, 0.1) is 10.5 Å². The number of fused-ring (bicyclic) bond motifs is 2. The van der Waals surface area contributed by atoms with Gasteiger partial charge in [-0.1, -0.05) is 31.0 Å². The highest BCUT2D eigenvalue weighted by molar-refractivity contribution is 6.36. The van der Waals surface area contributed by atoms with Gasteiger partial charge in [0, 0.05) is 49.2 Å². The Hall–Kier alpha value is -2.14. The normalized spacial score (nSPS) is 16.8. The molecule has 5 nitrogen and oxygen atoms in total. The summed E-state index contributed by atoms with van der Waals surface area (Å²) in [5.74, 6) is 0.205. The SMILES string of the molecule is CCCCC(=O)N1CCN(C(=O)c2ccc3c(Cl)c4c(nc3c2)CCCC4)CC1. The van der Waals surface area contributed by atoms with E-state index in [4.69, 9.17) is 16.6 Å². The van der Waals surface area contributed by atoms with E-state index >= 15 is 0 Å². The van der Waals surface area contributed by atoms with Gasteiger partial charge in [-0.15, -0.1) is 0 Å². The number of benzene rings is 1. The van der Waals surface area contributed by atoms with Crippen LogP contribution in [0.25, 0.3) is 10.9 Å². The lowest BCUT2D eigenvalue weighted by atomic mass is 9.94. The van der Waals surface area contributed by atoms with Crippen LogP contribution in [0.2, 0.25) is 5.02 Å². The quantitative estimate of drug-likeness (QED) is 0.753. The Morgan fingerprint density at radius 2 is 1.79 bits per heavy atom. The Kier molecular flexibility index (Phi) is 6.04. The van der Waals surface area contributed by atoms with Crippen molar-refractivity contribution in [3.63, 3.8) is 0 Å². The van der Waals surface area contributed by atoms with E-state index in [9.17, 15) is 9.59 Å². The van der Waals surface area contributed by atoms with Crippen molar-refractivity contribution in [1.29, 1.82) is 0 Å². The van der Waals surface area contributed by atoms with Crippen molar-refractivity contribution in [2.45, 2.75) is 51.9 Å². The van der Waals surface area contributed by atoms with Crippen LogP contribution in [0.3, 0.4) is 0 Å². The summed E-state index contributed by atoms with van der Waals surface area (Å²) >= 11 is 6.65. The zero-order valence-corrected chi connectivity index (χ0v) is 17.8. The van der Waals surface area contributed by atoms with Gasteiger partial charge in [-0.25, -0.2) is 0 Å². The van der Waals surface area contributed by atoms with Crippen LogP contribution in [0, 0.1) is 0 Å². The molecule has 0 N–H and O–H groups in total. The largest absolute Gasteiger partial charge is 0.339 e. The Morgan fingerprint density at radius 1 is 1.07 bits per heavy atom. The second-order valence-electron chi connectivity index (χ2n) is 8.07. The first-order chi connectivity index (χ1) is 14.1. The van der Waals surface area contributed by atoms with Gasteiger partial charge in [-0.2, -0.15) is 0 Å². The molecule has 1 fully saturated rings. The number of hydrogen-bond donors (Lipinski definition) is 0. The number of nitrogens with zero attached hydrogens (tertiary/aromatic N) is 3. The van der Waals surface area contributed by atoms with E-state index in [-0.39, 0.29) is 11.8 Å². The lowest BCUT2D eigenvalue weighted by Gasteiger charge is -2.35. The summed E-state index contributed by atoms with van der Waals surface area (Å²) < 4.78 is 0. The van der Waals surface area contributed by atoms with Gasteiger partial charge < -0.3 is 9.80 Å². The lowest BCUT2D eigenvalue weighted by molar-refractivity contribution is -0.132. The van der Waals surface area contributed by atoms with Crippen LogP contribution in [-0.2, 0) is 17.6 Å². The number of piperazine rings is 1. The third kappa shape index (κ3) is 4.11. The first-order valence-electron chi connectivity index (χ1n) is 10.8. The summed E-state index contributed by atoms with van der Waals surface area (Å²) in [4.78, 5) is 33.8. The number of rotatable bonds is 4. The molecule has 1 aromatic heterocycles. The molecule has 1 saturated heterocycles. The van der Waals surface area contributed by atoms with E-state index in [0.717, 1.165) is 60.1 Å². The summed E-state index contributed by atoms with van der Waals surface area (Å²) in [5.41, 5.74) is 3.70. The van der Waals surface area contributed by atoms with Crippen molar-refractivity contribution in [1.82, 2.24) is 14.8 Å². The number of hydrogen-bond acceptors (Lipinski definition) is 3. The maximum Gasteiger partial charge on any atom is 0.254 e. The maximum absolute atomic E-state index is 13.0. The molecule has 29 heavy (non-hydrogen) atoms. The van der Waals surface area contributed by atoms with Gasteiger partial charge in [-0.3, -0.25) is 14.6 Å². The second-order valence-corrected chi connectivity index (χ2v) is 8.44. The van der Waals surface area contributed by atoms with E-state index in [0.29, 0.717) is 38.2 Å². The summed E-state index contributed by atoms with van der Waals surface area (Å²) in [6.07, 6.45) is 6.79. The number of halogens is 1. The first-order valence-corrected chi connectivity index (χ1v) is 11.1. The molecule has 4 rings (SSSR count). The number of unbranched alkanes of at least 4 members (excludes halogenated alkanes) is 1. The van der Waals surface area contributed by atoms with Crippen molar-refractivity contribution in [3.8, 4) is 0 Å². The second kappa shape index (κ2) is 8.70. The fourth-order valence-corrected chi connectivity index (χ4v) is 4.69. The predicted octanol–water partition coefficient (Wildman–Crippen LogP) is 4.24. The monoisotopic (exact) mass is 413 g/mol. The summed E-state index contributed by atoms with van der Waals surface area (Å²) in [7, 11) is 0. The molecule has 2 heterocycles. The minimum Gasteiger partial charge on any atom is -0.339 e. The highest BCUT2D eigenvalue weighted by Crippen LogP contribution is 2.33. The van der Waals surface area contributed by atoms with E-state index in [1.165, 1.54) is 5.56 Å². The summed E-state index contributed by atoms with van der Waals surface area (Å²) in [6, 6.07) is 5.65. The van der Waals surface area contributed by atoms with Crippen LogP contribution >= 0.6 is 11.6 Å². The smallest absolute Gasteiger partial charge is 0.254 e. The van der Waals surface area contributed by atoms with Crippen LogP contribution in [0.1, 0.15) is 60.6 Å². The zero-order valence-electron chi connectivity index (χ0n) is 17.0. The molecule has 0 saturated carbocycles. The Morgan fingerprint density at radius 3 is 2.55 bits per heavy atom. The molecule has 1 aliphatic heterocycles. The molecule has 0 unspecified atom stereocenters. The third-order valence-electron chi connectivity index (χ3n) is 6.10. The molecule has 0 spiro atoms. The number of carbonyl (C=O) groups is 2. The maximum atomic E-state index is 13.0. The van der Waals surface area contributed by atoms with Gasteiger partial charge >= 0.3 is 0 Å². The Labute approximate surface area is 177 Å². The summed E-state index contributed by atoms with van der Waals surface area (Å²) in [6.45, 7) is 4.46. The molecule has 2 aliphatic rings. The van der Waals surface area contributed by atoms with Crippen LogP contribution < -0.4 is 0 Å². The Bertz CT molecular complexity index is 935. The molecular weight excluding hydrogens is 386 g/mol. The highest BCUT2D eigenvalue weighted by atomic mass is 35.5. The topological polar surface area (TPSA) is 53.5 Å². The fourth-order valence-electron chi connectivity index (χ4n) is 4.33. The lowest BCUT2D eigenvalue weighted by Crippen LogP contribution is -2.50. The van der Waals surface area contributed by atoms with E-state index < -0.39 is 0 Å². The molecule has 154 valence electrons. The number of amides is 2. The minimum absolute atomic E-state index is 0.00296. The standard InChI is InChI=1S/C23H28ClN3O2/c1-2-3-8-21(28)26-11-13-27(14-12-26)23(29)16-9-10-18-20(15-16)25-19-7-5-4-6-17(19)22(18)24/h9-10,15H,2-8,11-14H2,1H3. The first kappa shape index (κ1) is 20.1. The van der Waals surface area contributed by atoms with Gasteiger partial charge in [0.25, 0.3) is 5.91 Å². The van der Waals surface area contributed by atoms with E-state index in [1.807, 2.05) is 28.0 Å². The average molecular weight is 414 g/mol. The number of pyridine rings is 1. The molecule has 0 bridgehead atoms. The van der Waals surface area contributed by atoms with Crippen LogP contribution in [0.15, 0.2) is 18.2 Å². The average Bonchev–Trinajstić information content (AvgIpc) is 2.77. The summed E-state index contributed by atoms with van der Waals surface area (Å²) in [5, 5.41) is 1.72. The third-order valence-corrected chi connectivity index (χ3v) is 6.54. The molecule has 1 aromatic carbocycles. The fraction of sp³-hybridized carbons (Fsp3) is 0.522. The highest BCUT2D eigenvalue weighted by Gasteiger charge is 2.25. The van der Waals surface area contributed by atoms with Gasteiger partial charge in [0.1, 0.15) is 0 Å². The van der Waals surface area contributed by atoms with Crippen molar-refractivity contribution >= 4 is 34.3 Å². The van der Waals surface area contributed by atoms with Crippen molar-refractivity contribution in [2.75, 3.05) is 26.2 Å². The molecule has 0 atom stereocenters.